The predicted molar refractivity (Wildman–Crippen MR) is 109 cm³/mol. The molecule has 2 aromatic rings. The fraction of sp³-hybridized carbons (Fsp3) is 0.476. The average molecular weight is 400 g/mol. The fourth-order valence-electron chi connectivity index (χ4n) is 3.04. The third-order valence-electron chi connectivity index (χ3n) is 4.65. The number of aromatic nitrogens is 2. The van der Waals surface area contributed by atoms with Gasteiger partial charge >= 0.3 is 0 Å². The van der Waals surface area contributed by atoms with Crippen LogP contribution < -0.4 is 14.8 Å². The molecule has 156 valence electrons. The molecule has 0 unspecified atom stereocenters. The Morgan fingerprint density at radius 1 is 1.21 bits per heavy atom. The van der Waals surface area contributed by atoms with E-state index in [9.17, 15) is 9.59 Å². The summed E-state index contributed by atoms with van der Waals surface area (Å²) in [5.41, 5.74) is 1.23. The van der Waals surface area contributed by atoms with Crippen molar-refractivity contribution in [1.29, 1.82) is 0 Å². The van der Waals surface area contributed by atoms with Crippen LogP contribution in [0.15, 0.2) is 24.3 Å². The number of aryl methyl sites for hydroxylation is 1. The Kier molecular flexibility index (Phi) is 5.81. The van der Waals surface area contributed by atoms with E-state index in [1.807, 2.05) is 13.0 Å². The highest BCUT2D eigenvalue weighted by Crippen LogP contribution is 2.32. The van der Waals surface area contributed by atoms with Gasteiger partial charge in [-0.25, -0.2) is 0 Å². The van der Waals surface area contributed by atoms with Crippen LogP contribution in [-0.2, 0) is 17.3 Å². The molecular formula is C21H28N4O4. The van der Waals surface area contributed by atoms with Crippen molar-refractivity contribution in [2.24, 2.45) is 7.05 Å². The molecule has 0 fully saturated rings. The van der Waals surface area contributed by atoms with Crippen molar-refractivity contribution in [2.75, 3.05) is 25.2 Å². The Morgan fingerprint density at radius 2 is 1.93 bits per heavy atom. The lowest BCUT2D eigenvalue weighted by molar-refractivity contribution is -0.116. The lowest BCUT2D eigenvalue weighted by Crippen LogP contribution is -2.38. The van der Waals surface area contributed by atoms with Crippen LogP contribution >= 0.6 is 0 Å². The molecule has 0 radical (unpaired) electrons. The zero-order valence-electron chi connectivity index (χ0n) is 17.6. The maximum atomic E-state index is 13.0. The molecule has 1 aromatic carbocycles. The first-order chi connectivity index (χ1) is 13.7. The smallest absolute Gasteiger partial charge is 0.254 e. The SMILES string of the molecule is CCCN(CC(=O)Nc1cc(C(C)(C)C)nn1C)C(=O)c1ccc2c(c1)OCO2. The van der Waals surface area contributed by atoms with Gasteiger partial charge in [-0.2, -0.15) is 5.10 Å². The fourth-order valence-corrected chi connectivity index (χ4v) is 3.04. The Bertz CT molecular complexity index is 914. The van der Waals surface area contributed by atoms with Crippen molar-refractivity contribution >= 4 is 17.6 Å². The molecule has 0 atom stereocenters. The third kappa shape index (κ3) is 4.70. The number of carbonyl (C=O) groups excluding carboxylic acids is 2. The zero-order chi connectivity index (χ0) is 21.2. The van der Waals surface area contributed by atoms with E-state index in [0.29, 0.717) is 29.4 Å². The summed E-state index contributed by atoms with van der Waals surface area (Å²) >= 11 is 0. The van der Waals surface area contributed by atoms with Crippen LogP contribution in [-0.4, -0.2) is 46.4 Å². The van der Waals surface area contributed by atoms with Gasteiger partial charge in [0.2, 0.25) is 12.7 Å². The van der Waals surface area contributed by atoms with Gasteiger partial charge < -0.3 is 19.7 Å². The topological polar surface area (TPSA) is 85.7 Å². The van der Waals surface area contributed by atoms with E-state index in [4.69, 9.17) is 9.47 Å². The van der Waals surface area contributed by atoms with E-state index >= 15 is 0 Å². The van der Waals surface area contributed by atoms with Crippen molar-refractivity contribution < 1.29 is 19.1 Å². The average Bonchev–Trinajstić information content (AvgIpc) is 3.26. The second-order valence-corrected chi connectivity index (χ2v) is 8.13. The van der Waals surface area contributed by atoms with Crippen LogP contribution in [0.2, 0.25) is 0 Å². The van der Waals surface area contributed by atoms with E-state index in [0.717, 1.165) is 12.1 Å². The number of ether oxygens (including phenoxy) is 2. The minimum Gasteiger partial charge on any atom is -0.454 e. The molecule has 3 rings (SSSR count). The summed E-state index contributed by atoms with van der Waals surface area (Å²) in [5.74, 6) is 1.28. The van der Waals surface area contributed by atoms with Gasteiger partial charge in [0.05, 0.1) is 5.69 Å². The number of benzene rings is 1. The maximum absolute atomic E-state index is 13.0. The minimum atomic E-state index is -0.268. The van der Waals surface area contributed by atoms with Crippen LogP contribution in [0.1, 0.15) is 50.2 Å². The first-order valence-corrected chi connectivity index (χ1v) is 9.72. The molecule has 8 nitrogen and oxygen atoms in total. The summed E-state index contributed by atoms with van der Waals surface area (Å²) in [7, 11) is 1.78. The van der Waals surface area contributed by atoms with Crippen LogP contribution in [0.4, 0.5) is 5.82 Å². The molecule has 1 N–H and O–H groups in total. The first-order valence-electron chi connectivity index (χ1n) is 9.72. The second kappa shape index (κ2) is 8.14. The normalized spacial score (nSPS) is 12.7. The Labute approximate surface area is 170 Å². The van der Waals surface area contributed by atoms with Gasteiger partial charge in [0.15, 0.2) is 11.5 Å². The van der Waals surface area contributed by atoms with Gasteiger partial charge in [0, 0.05) is 30.6 Å². The number of hydrogen-bond donors (Lipinski definition) is 1. The van der Waals surface area contributed by atoms with Crippen LogP contribution in [0.3, 0.4) is 0 Å². The Morgan fingerprint density at radius 3 is 2.59 bits per heavy atom. The number of nitrogens with one attached hydrogen (secondary N) is 1. The minimum absolute atomic E-state index is 0.0445. The van der Waals surface area contributed by atoms with Gasteiger partial charge in [-0.15, -0.1) is 0 Å². The van der Waals surface area contributed by atoms with Crippen molar-refractivity contribution in [3.8, 4) is 11.5 Å². The van der Waals surface area contributed by atoms with Crippen molar-refractivity contribution in [3.05, 3.63) is 35.5 Å². The lowest BCUT2D eigenvalue weighted by Gasteiger charge is -2.21. The third-order valence-corrected chi connectivity index (χ3v) is 4.65. The monoisotopic (exact) mass is 400 g/mol. The van der Waals surface area contributed by atoms with E-state index in [1.54, 1.807) is 29.9 Å². The number of fused-ring (bicyclic) bond motifs is 1. The Balaban J connectivity index is 1.71. The van der Waals surface area contributed by atoms with Crippen molar-refractivity contribution in [3.63, 3.8) is 0 Å². The molecule has 0 spiro atoms. The summed E-state index contributed by atoms with van der Waals surface area (Å²) in [5, 5.41) is 7.32. The van der Waals surface area contributed by atoms with E-state index < -0.39 is 0 Å². The van der Waals surface area contributed by atoms with Crippen molar-refractivity contribution in [1.82, 2.24) is 14.7 Å². The maximum Gasteiger partial charge on any atom is 0.254 e. The molecule has 8 heteroatoms. The first kappa shape index (κ1) is 20.7. The predicted octanol–water partition coefficient (Wildman–Crippen LogP) is 2.94. The summed E-state index contributed by atoms with van der Waals surface area (Å²) in [6, 6.07) is 6.92. The van der Waals surface area contributed by atoms with Crippen LogP contribution in [0.25, 0.3) is 0 Å². The van der Waals surface area contributed by atoms with Crippen LogP contribution in [0, 0.1) is 0 Å². The molecule has 0 saturated carbocycles. The molecule has 2 heterocycles. The Hall–Kier alpha value is -3.03. The second-order valence-electron chi connectivity index (χ2n) is 8.13. The van der Waals surface area contributed by atoms with Gasteiger partial charge in [0.25, 0.3) is 5.91 Å². The number of rotatable bonds is 6. The molecule has 0 bridgehead atoms. The number of carbonyl (C=O) groups is 2. The summed E-state index contributed by atoms with van der Waals surface area (Å²) < 4.78 is 12.3. The van der Waals surface area contributed by atoms with Crippen LogP contribution in [0.5, 0.6) is 11.5 Å². The molecule has 1 aromatic heterocycles. The lowest BCUT2D eigenvalue weighted by atomic mass is 9.92. The van der Waals surface area contributed by atoms with Gasteiger partial charge in [-0.3, -0.25) is 14.3 Å². The molecule has 1 aliphatic heterocycles. The molecular weight excluding hydrogens is 372 g/mol. The van der Waals surface area contributed by atoms with Crippen molar-refractivity contribution in [2.45, 2.75) is 39.5 Å². The molecule has 0 saturated heterocycles. The number of hydrogen-bond acceptors (Lipinski definition) is 5. The highest BCUT2D eigenvalue weighted by molar-refractivity contribution is 5.99. The zero-order valence-corrected chi connectivity index (χ0v) is 17.6. The summed E-state index contributed by atoms with van der Waals surface area (Å²) in [4.78, 5) is 27.1. The van der Waals surface area contributed by atoms with E-state index in [-0.39, 0.29) is 30.6 Å². The van der Waals surface area contributed by atoms with E-state index in [2.05, 4.69) is 31.2 Å². The molecule has 1 aliphatic rings. The highest BCUT2D eigenvalue weighted by Gasteiger charge is 2.23. The summed E-state index contributed by atoms with van der Waals surface area (Å²) in [6.07, 6.45) is 0.740. The molecule has 2 amide bonds. The summed E-state index contributed by atoms with van der Waals surface area (Å²) in [6.45, 7) is 8.73. The van der Waals surface area contributed by atoms with Gasteiger partial charge in [0.1, 0.15) is 12.4 Å². The number of amides is 2. The van der Waals surface area contributed by atoms with E-state index in [1.165, 1.54) is 4.90 Å². The highest BCUT2D eigenvalue weighted by atomic mass is 16.7. The van der Waals surface area contributed by atoms with Gasteiger partial charge in [-0.05, 0) is 24.6 Å². The quantitative estimate of drug-likeness (QED) is 0.806. The number of nitrogens with zero attached hydrogens (tertiary/aromatic N) is 3. The molecule has 29 heavy (non-hydrogen) atoms. The molecule has 0 aliphatic carbocycles. The standard InChI is InChI=1S/C21H28N4O4/c1-6-9-25(20(27)14-7-8-15-16(10-14)29-13-28-15)12-19(26)22-18-11-17(21(2,3)4)23-24(18)5/h7-8,10-11H,6,9,12-13H2,1-5H3,(H,22,26). The largest absolute Gasteiger partial charge is 0.454 e. The van der Waals surface area contributed by atoms with Gasteiger partial charge in [-0.1, -0.05) is 27.7 Å². The number of anilines is 1.